The van der Waals surface area contributed by atoms with Gasteiger partial charge >= 0.3 is 0 Å². The first kappa shape index (κ1) is 11.8. The van der Waals surface area contributed by atoms with Gasteiger partial charge in [-0.05, 0) is 30.7 Å². The van der Waals surface area contributed by atoms with E-state index < -0.39 is 5.41 Å². The maximum absolute atomic E-state index is 13.0. The highest BCUT2D eigenvalue weighted by atomic mass is 19.1. The molecule has 0 saturated heterocycles. The van der Waals surface area contributed by atoms with Gasteiger partial charge in [-0.25, -0.2) is 4.39 Å². The number of fused-ring (bicyclic) bond motifs is 1. The Morgan fingerprint density at radius 3 is 2.71 bits per heavy atom. The summed E-state index contributed by atoms with van der Waals surface area (Å²) in [7, 11) is 0. The van der Waals surface area contributed by atoms with E-state index in [-0.39, 0.29) is 11.6 Å². The van der Waals surface area contributed by atoms with E-state index in [1.807, 2.05) is 20.8 Å². The monoisotopic (exact) mass is 234 g/mol. The van der Waals surface area contributed by atoms with Crippen LogP contribution in [0.5, 0.6) is 0 Å². The van der Waals surface area contributed by atoms with Gasteiger partial charge in [0, 0.05) is 10.8 Å². The van der Waals surface area contributed by atoms with Crippen LogP contribution in [0, 0.1) is 11.2 Å². The second-order valence-corrected chi connectivity index (χ2v) is 4.86. The van der Waals surface area contributed by atoms with Gasteiger partial charge in [-0.15, -0.1) is 0 Å². The first-order valence-corrected chi connectivity index (χ1v) is 5.68. The number of Topliss-reactive ketones (excluding diaryl/α,β-unsaturated/α-hetero) is 1. The number of furan rings is 1. The molecule has 1 heterocycles. The summed E-state index contributed by atoms with van der Waals surface area (Å²) in [5.41, 5.74) is 0.0912. The van der Waals surface area contributed by atoms with E-state index in [2.05, 4.69) is 0 Å². The summed E-state index contributed by atoms with van der Waals surface area (Å²) >= 11 is 0. The normalized spacial score (nSPS) is 12.0. The molecule has 0 aliphatic rings. The number of halogens is 1. The van der Waals surface area contributed by atoms with E-state index in [0.717, 1.165) is 6.42 Å². The average molecular weight is 234 g/mol. The van der Waals surface area contributed by atoms with Gasteiger partial charge < -0.3 is 4.42 Å². The van der Waals surface area contributed by atoms with Crippen molar-refractivity contribution in [1.82, 2.24) is 0 Å². The van der Waals surface area contributed by atoms with Crippen LogP contribution in [-0.4, -0.2) is 5.78 Å². The van der Waals surface area contributed by atoms with Crippen LogP contribution in [0.4, 0.5) is 4.39 Å². The molecule has 0 saturated carbocycles. The number of ketones is 1. The molecule has 2 nitrogen and oxygen atoms in total. The van der Waals surface area contributed by atoms with E-state index >= 15 is 0 Å². The molecular formula is C14H15FO2. The van der Waals surface area contributed by atoms with Crippen LogP contribution >= 0.6 is 0 Å². The molecule has 0 atom stereocenters. The van der Waals surface area contributed by atoms with Crippen molar-refractivity contribution in [3.05, 3.63) is 35.8 Å². The molecule has 0 amide bonds. The summed E-state index contributed by atoms with van der Waals surface area (Å²) in [6.07, 6.45) is 0.733. The second kappa shape index (κ2) is 3.99. The lowest BCUT2D eigenvalue weighted by Gasteiger charge is -2.18. The Hall–Kier alpha value is -1.64. The molecule has 17 heavy (non-hydrogen) atoms. The molecule has 90 valence electrons. The first-order valence-electron chi connectivity index (χ1n) is 5.68. The molecule has 2 aromatic rings. The van der Waals surface area contributed by atoms with Crippen molar-refractivity contribution >= 4 is 16.8 Å². The molecule has 0 aliphatic heterocycles. The fraction of sp³-hybridized carbons (Fsp3) is 0.357. The van der Waals surface area contributed by atoms with Gasteiger partial charge in [0.25, 0.3) is 0 Å². The molecule has 0 spiro atoms. The van der Waals surface area contributed by atoms with Crippen molar-refractivity contribution in [1.29, 1.82) is 0 Å². The van der Waals surface area contributed by atoms with E-state index in [1.165, 1.54) is 12.1 Å². The van der Waals surface area contributed by atoms with Crippen molar-refractivity contribution in [2.24, 2.45) is 5.41 Å². The Labute approximate surface area is 99.4 Å². The van der Waals surface area contributed by atoms with Crippen LogP contribution in [0.15, 0.2) is 28.7 Å². The van der Waals surface area contributed by atoms with Crippen LogP contribution in [0.25, 0.3) is 11.0 Å². The second-order valence-electron chi connectivity index (χ2n) is 4.86. The lowest BCUT2D eigenvalue weighted by atomic mass is 9.84. The molecule has 2 rings (SSSR count). The Morgan fingerprint density at radius 1 is 1.35 bits per heavy atom. The van der Waals surface area contributed by atoms with Crippen molar-refractivity contribution in [3.63, 3.8) is 0 Å². The minimum absolute atomic E-state index is 0.0448. The van der Waals surface area contributed by atoms with Crippen molar-refractivity contribution in [3.8, 4) is 0 Å². The van der Waals surface area contributed by atoms with Gasteiger partial charge in [0.05, 0.1) is 0 Å². The van der Waals surface area contributed by atoms with Crippen LogP contribution in [-0.2, 0) is 0 Å². The molecule has 0 N–H and O–H groups in total. The van der Waals surface area contributed by atoms with Crippen molar-refractivity contribution < 1.29 is 13.6 Å². The predicted molar refractivity (Wildman–Crippen MR) is 64.6 cm³/mol. The van der Waals surface area contributed by atoms with E-state index in [4.69, 9.17) is 4.42 Å². The molecule has 1 aromatic carbocycles. The van der Waals surface area contributed by atoms with E-state index in [0.29, 0.717) is 16.7 Å². The summed E-state index contributed by atoms with van der Waals surface area (Å²) < 4.78 is 18.5. The molecule has 3 heteroatoms. The molecular weight excluding hydrogens is 219 g/mol. The third-order valence-electron chi connectivity index (χ3n) is 3.20. The molecule has 0 bridgehead atoms. The highest BCUT2D eigenvalue weighted by Gasteiger charge is 2.29. The van der Waals surface area contributed by atoms with Gasteiger partial charge in [-0.1, -0.05) is 20.8 Å². The van der Waals surface area contributed by atoms with Gasteiger partial charge in [0.1, 0.15) is 11.4 Å². The third-order valence-corrected chi connectivity index (χ3v) is 3.20. The smallest absolute Gasteiger partial charge is 0.203 e. The maximum atomic E-state index is 13.0. The lowest BCUT2D eigenvalue weighted by molar-refractivity contribution is 0.0805. The molecule has 1 aromatic heterocycles. The van der Waals surface area contributed by atoms with Crippen molar-refractivity contribution in [2.75, 3.05) is 0 Å². The maximum Gasteiger partial charge on any atom is 0.203 e. The van der Waals surface area contributed by atoms with Crippen LogP contribution in [0.2, 0.25) is 0 Å². The summed E-state index contributed by atoms with van der Waals surface area (Å²) in [6.45, 7) is 5.71. The van der Waals surface area contributed by atoms with E-state index in [9.17, 15) is 9.18 Å². The highest BCUT2D eigenvalue weighted by Crippen LogP contribution is 2.29. The number of hydrogen-bond donors (Lipinski definition) is 0. The van der Waals surface area contributed by atoms with Gasteiger partial charge in [-0.3, -0.25) is 4.79 Å². The lowest BCUT2D eigenvalue weighted by Crippen LogP contribution is -2.22. The molecule has 0 fully saturated rings. The summed E-state index contributed by atoms with van der Waals surface area (Å²) in [4.78, 5) is 12.2. The zero-order chi connectivity index (χ0) is 12.6. The van der Waals surface area contributed by atoms with Crippen LogP contribution in [0.1, 0.15) is 37.7 Å². The number of benzene rings is 1. The van der Waals surface area contributed by atoms with Crippen LogP contribution in [0.3, 0.4) is 0 Å². The molecule has 0 unspecified atom stereocenters. The SMILES string of the molecule is CCC(C)(C)C(=O)c1cc2cc(F)ccc2o1. The van der Waals surface area contributed by atoms with Gasteiger partial charge in [0.2, 0.25) is 5.78 Å². The van der Waals surface area contributed by atoms with Gasteiger partial charge in [0.15, 0.2) is 5.76 Å². The standard InChI is InChI=1S/C14H15FO2/c1-4-14(2,3)13(16)12-8-9-7-10(15)5-6-11(9)17-12/h5-8H,4H2,1-3H3. The number of carbonyl (C=O) groups excluding carboxylic acids is 1. The minimum atomic E-state index is -0.452. The minimum Gasteiger partial charge on any atom is -0.453 e. The van der Waals surface area contributed by atoms with Gasteiger partial charge in [-0.2, -0.15) is 0 Å². The Balaban J connectivity index is 2.47. The summed E-state index contributed by atoms with van der Waals surface area (Å²) in [5.74, 6) is -0.0684. The average Bonchev–Trinajstić information content (AvgIpc) is 2.70. The van der Waals surface area contributed by atoms with Crippen LogP contribution < -0.4 is 0 Å². The quantitative estimate of drug-likeness (QED) is 0.745. The fourth-order valence-electron chi connectivity index (χ4n) is 1.62. The Kier molecular flexibility index (Phi) is 2.77. The number of carbonyl (C=O) groups is 1. The van der Waals surface area contributed by atoms with E-state index in [1.54, 1.807) is 12.1 Å². The molecule has 0 radical (unpaired) electrons. The Morgan fingerprint density at radius 2 is 2.06 bits per heavy atom. The fourth-order valence-corrected chi connectivity index (χ4v) is 1.62. The summed E-state index contributed by atoms with van der Waals surface area (Å²) in [6, 6.07) is 5.85. The Bertz CT molecular complexity index is 567. The number of rotatable bonds is 3. The highest BCUT2D eigenvalue weighted by molar-refractivity contribution is 6.00. The number of hydrogen-bond acceptors (Lipinski definition) is 2. The third kappa shape index (κ3) is 2.09. The summed E-state index contributed by atoms with van der Waals surface area (Å²) in [5, 5.41) is 0.625. The molecule has 0 aliphatic carbocycles. The first-order chi connectivity index (χ1) is 7.94. The zero-order valence-electron chi connectivity index (χ0n) is 10.2. The predicted octanol–water partition coefficient (Wildman–Crippen LogP) is 4.19. The zero-order valence-corrected chi connectivity index (χ0v) is 10.2. The topological polar surface area (TPSA) is 30.2 Å². The largest absolute Gasteiger partial charge is 0.453 e. The van der Waals surface area contributed by atoms with Crippen molar-refractivity contribution in [2.45, 2.75) is 27.2 Å².